The van der Waals surface area contributed by atoms with Gasteiger partial charge in [-0.05, 0) is 48.1 Å². The normalized spacial score (nSPS) is 14.8. The standard InChI is InChI=1S/C20H22N4S/c25-22-13-15-4-6-16(7-5-15)17-8-9-18-19(12-17)23-20(14-21-18)24-10-2-1-3-11-24/h4-9,12,14,22,25H,1-3,10-11,13H2. The number of piperidine rings is 1. The number of hydrogen-bond donors (Lipinski definition) is 2. The molecule has 1 aliphatic heterocycles. The van der Waals surface area contributed by atoms with Crippen LogP contribution in [-0.4, -0.2) is 23.1 Å². The van der Waals surface area contributed by atoms with Gasteiger partial charge in [0, 0.05) is 19.6 Å². The van der Waals surface area contributed by atoms with Crippen LogP contribution in [0.3, 0.4) is 0 Å². The van der Waals surface area contributed by atoms with E-state index in [2.05, 4.69) is 69.9 Å². The number of hydrogen-bond acceptors (Lipinski definition) is 5. The van der Waals surface area contributed by atoms with E-state index < -0.39 is 0 Å². The lowest BCUT2D eigenvalue weighted by Crippen LogP contribution is -2.30. The van der Waals surface area contributed by atoms with Crippen LogP contribution >= 0.6 is 12.8 Å². The fourth-order valence-corrected chi connectivity index (χ4v) is 3.55. The molecule has 4 nitrogen and oxygen atoms in total. The number of rotatable bonds is 4. The minimum atomic E-state index is 0.756. The molecule has 1 aliphatic rings. The van der Waals surface area contributed by atoms with E-state index in [-0.39, 0.29) is 0 Å². The maximum Gasteiger partial charge on any atom is 0.147 e. The quantitative estimate of drug-likeness (QED) is 0.691. The Morgan fingerprint density at radius 3 is 2.44 bits per heavy atom. The molecule has 0 saturated carbocycles. The predicted molar refractivity (Wildman–Crippen MR) is 107 cm³/mol. The van der Waals surface area contributed by atoms with Crippen molar-refractivity contribution in [1.29, 1.82) is 0 Å². The monoisotopic (exact) mass is 350 g/mol. The van der Waals surface area contributed by atoms with Crippen molar-refractivity contribution in [3.63, 3.8) is 0 Å². The van der Waals surface area contributed by atoms with Gasteiger partial charge in [-0.2, -0.15) is 0 Å². The van der Waals surface area contributed by atoms with E-state index in [1.54, 1.807) is 0 Å². The molecule has 3 aromatic rings. The van der Waals surface area contributed by atoms with E-state index in [4.69, 9.17) is 4.98 Å². The fourth-order valence-electron chi connectivity index (χ4n) is 3.36. The topological polar surface area (TPSA) is 41.1 Å². The zero-order valence-electron chi connectivity index (χ0n) is 14.2. The minimum absolute atomic E-state index is 0.756. The SMILES string of the molecule is SNCc1ccc(-c2ccc3ncc(N4CCCCC4)nc3c2)cc1. The smallest absolute Gasteiger partial charge is 0.147 e. The Morgan fingerprint density at radius 1 is 0.920 bits per heavy atom. The molecule has 2 aromatic carbocycles. The summed E-state index contributed by atoms with van der Waals surface area (Å²) in [5.74, 6) is 1.000. The molecule has 1 N–H and O–H groups in total. The summed E-state index contributed by atoms with van der Waals surface area (Å²) in [6.45, 7) is 2.92. The summed E-state index contributed by atoms with van der Waals surface area (Å²) in [5.41, 5.74) is 5.48. The molecule has 0 radical (unpaired) electrons. The highest BCUT2D eigenvalue weighted by atomic mass is 32.1. The molecule has 1 aromatic heterocycles. The zero-order valence-corrected chi connectivity index (χ0v) is 15.0. The fraction of sp³-hybridized carbons (Fsp3) is 0.300. The van der Waals surface area contributed by atoms with E-state index in [0.29, 0.717) is 0 Å². The molecule has 0 amide bonds. The third-order valence-corrected chi connectivity index (χ3v) is 4.94. The van der Waals surface area contributed by atoms with Gasteiger partial charge in [0.15, 0.2) is 0 Å². The van der Waals surface area contributed by atoms with Crippen LogP contribution in [0, 0.1) is 0 Å². The number of thiol groups is 1. The van der Waals surface area contributed by atoms with Gasteiger partial charge >= 0.3 is 0 Å². The summed E-state index contributed by atoms with van der Waals surface area (Å²) < 4.78 is 2.88. The van der Waals surface area contributed by atoms with Crippen molar-refractivity contribution in [3.05, 3.63) is 54.2 Å². The van der Waals surface area contributed by atoms with Gasteiger partial charge in [-0.3, -0.25) is 9.71 Å². The van der Waals surface area contributed by atoms with Crippen LogP contribution in [0.1, 0.15) is 24.8 Å². The summed E-state index contributed by atoms with van der Waals surface area (Å²) in [6.07, 6.45) is 5.72. The number of aromatic nitrogens is 2. The predicted octanol–water partition coefficient (Wildman–Crippen LogP) is 4.22. The summed E-state index contributed by atoms with van der Waals surface area (Å²) in [6, 6.07) is 14.8. The average Bonchev–Trinajstić information content (AvgIpc) is 2.69. The van der Waals surface area contributed by atoms with Crippen LogP contribution in [0.15, 0.2) is 48.7 Å². The van der Waals surface area contributed by atoms with Crippen molar-refractivity contribution in [2.75, 3.05) is 18.0 Å². The Kier molecular flexibility index (Phi) is 4.85. The van der Waals surface area contributed by atoms with E-state index in [1.165, 1.54) is 36.0 Å². The van der Waals surface area contributed by atoms with Crippen LogP contribution in [0.4, 0.5) is 5.82 Å². The third-order valence-electron chi connectivity index (χ3n) is 4.78. The first kappa shape index (κ1) is 16.4. The average molecular weight is 350 g/mol. The molecule has 0 bridgehead atoms. The van der Waals surface area contributed by atoms with E-state index >= 15 is 0 Å². The Morgan fingerprint density at radius 2 is 1.68 bits per heavy atom. The van der Waals surface area contributed by atoms with Crippen molar-refractivity contribution in [1.82, 2.24) is 14.7 Å². The van der Waals surface area contributed by atoms with E-state index in [9.17, 15) is 0 Å². The van der Waals surface area contributed by atoms with Gasteiger partial charge in [-0.25, -0.2) is 4.98 Å². The van der Waals surface area contributed by atoms with Gasteiger partial charge in [0.05, 0.1) is 17.2 Å². The van der Waals surface area contributed by atoms with Gasteiger partial charge in [-0.1, -0.05) is 43.1 Å². The van der Waals surface area contributed by atoms with Crippen LogP contribution in [0.2, 0.25) is 0 Å². The molecule has 0 atom stereocenters. The van der Waals surface area contributed by atoms with Crippen LogP contribution in [-0.2, 0) is 6.54 Å². The molecule has 0 aliphatic carbocycles. The summed E-state index contributed by atoms with van der Waals surface area (Å²) in [5, 5.41) is 0. The highest BCUT2D eigenvalue weighted by Gasteiger charge is 2.13. The van der Waals surface area contributed by atoms with Gasteiger partial charge in [0.2, 0.25) is 0 Å². The molecule has 4 rings (SSSR count). The van der Waals surface area contributed by atoms with Gasteiger partial charge in [0.1, 0.15) is 5.82 Å². The zero-order chi connectivity index (χ0) is 17.1. The first-order chi connectivity index (χ1) is 12.3. The maximum atomic E-state index is 4.88. The number of anilines is 1. The van der Waals surface area contributed by atoms with Crippen molar-refractivity contribution in [3.8, 4) is 11.1 Å². The van der Waals surface area contributed by atoms with Gasteiger partial charge in [0.25, 0.3) is 0 Å². The van der Waals surface area contributed by atoms with Crippen molar-refractivity contribution < 1.29 is 0 Å². The third kappa shape index (κ3) is 3.62. The summed E-state index contributed by atoms with van der Waals surface area (Å²) in [7, 11) is 0. The molecular weight excluding hydrogens is 328 g/mol. The molecule has 1 fully saturated rings. The molecule has 5 heteroatoms. The molecule has 2 heterocycles. The lowest BCUT2D eigenvalue weighted by molar-refractivity contribution is 0.573. The minimum Gasteiger partial charge on any atom is -0.355 e. The molecule has 1 saturated heterocycles. The Hall–Kier alpha value is -2.11. The molecule has 25 heavy (non-hydrogen) atoms. The second kappa shape index (κ2) is 7.42. The van der Waals surface area contributed by atoms with Crippen LogP contribution in [0.25, 0.3) is 22.2 Å². The number of benzene rings is 2. The van der Waals surface area contributed by atoms with Gasteiger partial charge < -0.3 is 4.90 Å². The highest BCUT2D eigenvalue weighted by Crippen LogP contribution is 2.25. The molecular formula is C20H22N4S. The summed E-state index contributed by atoms with van der Waals surface area (Å²) in [4.78, 5) is 11.8. The van der Waals surface area contributed by atoms with E-state index in [1.807, 2.05) is 6.20 Å². The van der Waals surface area contributed by atoms with Gasteiger partial charge in [-0.15, -0.1) is 0 Å². The highest BCUT2D eigenvalue weighted by molar-refractivity contribution is 7.78. The van der Waals surface area contributed by atoms with Crippen molar-refractivity contribution in [2.24, 2.45) is 0 Å². The lowest BCUT2D eigenvalue weighted by Gasteiger charge is -2.27. The maximum absolute atomic E-state index is 4.88. The largest absolute Gasteiger partial charge is 0.355 e. The van der Waals surface area contributed by atoms with Crippen molar-refractivity contribution in [2.45, 2.75) is 25.8 Å². The first-order valence-electron chi connectivity index (χ1n) is 8.81. The van der Waals surface area contributed by atoms with Crippen LogP contribution < -0.4 is 9.62 Å². The molecule has 0 unspecified atom stereocenters. The number of nitrogens with one attached hydrogen (secondary N) is 1. The second-order valence-corrected chi connectivity index (χ2v) is 6.83. The second-order valence-electron chi connectivity index (χ2n) is 6.51. The Labute approximate surface area is 153 Å². The Bertz CT molecular complexity index is 857. The van der Waals surface area contributed by atoms with Crippen LogP contribution in [0.5, 0.6) is 0 Å². The summed E-state index contributed by atoms with van der Waals surface area (Å²) >= 11 is 4.05. The number of fused-ring (bicyclic) bond motifs is 1. The van der Waals surface area contributed by atoms with Crippen molar-refractivity contribution >= 4 is 29.7 Å². The first-order valence-corrected chi connectivity index (χ1v) is 9.26. The lowest BCUT2D eigenvalue weighted by atomic mass is 10.0. The van der Waals surface area contributed by atoms with E-state index in [0.717, 1.165) is 36.5 Å². The molecule has 128 valence electrons. The number of nitrogens with zero attached hydrogens (tertiary/aromatic N) is 3. The Balaban J connectivity index is 1.65. The molecule has 0 spiro atoms.